The molecule has 1 aromatic carbocycles. The third kappa shape index (κ3) is 1.38. The van der Waals surface area contributed by atoms with Gasteiger partial charge in [0.15, 0.2) is 0 Å². The fraction of sp³-hybridized carbons (Fsp3) is 0.250. The molecule has 5 heteroatoms. The predicted octanol–water partition coefficient (Wildman–Crippen LogP) is 1.68. The van der Waals surface area contributed by atoms with Crippen molar-refractivity contribution in [1.29, 1.82) is 0 Å². The lowest BCUT2D eigenvalue weighted by molar-refractivity contribution is 0.357. The molecule has 70 valence electrons. The summed E-state index contributed by atoms with van der Waals surface area (Å²) in [7, 11) is 0. The largest absolute Gasteiger partial charge is 0.513 e. The third-order valence-corrected chi connectivity index (χ3v) is 2.10. The minimum Gasteiger partial charge on any atom is -0.496 e. The zero-order chi connectivity index (χ0) is 9.47. The van der Waals surface area contributed by atoms with E-state index >= 15 is 0 Å². The topological polar surface area (TPSA) is 9.23 Å². The van der Waals surface area contributed by atoms with Crippen molar-refractivity contribution in [3.8, 4) is 5.75 Å². The fourth-order valence-electron chi connectivity index (χ4n) is 1.50. The molecule has 0 N–H and O–H groups in total. The molecular formula is C8H7BF3O-. The maximum atomic E-state index is 12.4. The highest BCUT2D eigenvalue weighted by Crippen LogP contribution is 2.26. The van der Waals surface area contributed by atoms with Crippen LogP contribution in [0.5, 0.6) is 5.75 Å². The second-order valence-corrected chi connectivity index (χ2v) is 3.01. The van der Waals surface area contributed by atoms with Crippen molar-refractivity contribution in [2.24, 2.45) is 0 Å². The van der Waals surface area contributed by atoms with Crippen LogP contribution in [-0.4, -0.2) is 13.6 Å². The number of ether oxygens (including phenoxy) is 1. The quantitative estimate of drug-likeness (QED) is 0.607. The van der Waals surface area contributed by atoms with Gasteiger partial charge >= 0.3 is 6.98 Å². The molecule has 0 radical (unpaired) electrons. The summed E-state index contributed by atoms with van der Waals surface area (Å²) in [5, 5.41) is 0. The van der Waals surface area contributed by atoms with Crippen molar-refractivity contribution in [2.45, 2.75) is 6.42 Å². The van der Waals surface area contributed by atoms with Crippen LogP contribution in [0.2, 0.25) is 0 Å². The number of halogens is 3. The number of fused-ring (bicyclic) bond motifs is 1. The maximum Gasteiger partial charge on any atom is 0.513 e. The van der Waals surface area contributed by atoms with Gasteiger partial charge in [-0.25, -0.2) is 0 Å². The standard InChI is InChI=1S/C8H7BF3O/c10-9(11,12)7-3-1-2-6-4-5-13-8(6)7/h1-3H,4-5H2/q-1. The Balaban J connectivity index is 2.54. The Morgan fingerprint density at radius 2 is 2.00 bits per heavy atom. The number of hydrogen-bond acceptors (Lipinski definition) is 1. The molecule has 0 spiro atoms. The molecule has 0 unspecified atom stereocenters. The Bertz CT molecular complexity index is 335. The number of hydrogen-bond donors (Lipinski definition) is 0. The molecule has 0 saturated heterocycles. The lowest BCUT2D eigenvalue weighted by Gasteiger charge is -2.17. The molecule has 1 aliphatic heterocycles. The van der Waals surface area contributed by atoms with Crippen LogP contribution in [0.1, 0.15) is 5.56 Å². The lowest BCUT2D eigenvalue weighted by atomic mass is 9.78. The van der Waals surface area contributed by atoms with Gasteiger partial charge in [0.1, 0.15) is 0 Å². The van der Waals surface area contributed by atoms with Gasteiger partial charge in [-0.15, -0.1) is 0 Å². The monoisotopic (exact) mass is 187 g/mol. The number of rotatable bonds is 1. The maximum absolute atomic E-state index is 12.4. The van der Waals surface area contributed by atoms with E-state index in [1.54, 1.807) is 6.07 Å². The van der Waals surface area contributed by atoms with E-state index in [2.05, 4.69) is 0 Å². The summed E-state index contributed by atoms with van der Waals surface area (Å²) in [6.45, 7) is -4.58. The molecule has 0 aliphatic carbocycles. The van der Waals surface area contributed by atoms with Crippen LogP contribution < -0.4 is 10.2 Å². The SMILES string of the molecule is F[B-](F)(F)c1cccc2c1OCC2. The smallest absolute Gasteiger partial charge is 0.496 e. The second-order valence-electron chi connectivity index (χ2n) is 3.01. The summed E-state index contributed by atoms with van der Waals surface area (Å²) in [5.74, 6) is 0.0370. The average molecular weight is 187 g/mol. The average Bonchev–Trinajstić information content (AvgIpc) is 2.48. The highest BCUT2D eigenvalue weighted by molar-refractivity contribution is 6.74. The van der Waals surface area contributed by atoms with Crippen molar-refractivity contribution in [1.82, 2.24) is 0 Å². The van der Waals surface area contributed by atoms with Gasteiger partial charge in [-0.1, -0.05) is 23.7 Å². The molecular weight excluding hydrogens is 180 g/mol. The summed E-state index contributed by atoms with van der Waals surface area (Å²) in [5.41, 5.74) is 0.0618. The molecule has 0 bridgehead atoms. The normalized spacial score (nSPS) is 15.3. The van der Waals surface area contributed by atoms with Crippen LogP contribution in [0.4, 0.5) is 12.9 Å². The Morgan fingerprint density at radius 3 is 2.69 bits per heavy atom. The van der Waals surface area contributed by atoms with E-state index in [4.69, 9.17) is 4.74 Å². The van der Waals surface area contributed by atoms with Crippen LogP contribution in [0.25, 0.3) is 0 Å². The number of benzene rings is 1. The van der Waals surface area contributed by atoms with E-state index in [0.29, 0.717) is 18.6 Å². The van der Waals surface area contributed by atoms with Gasteiger partial charge in [0.25, 0.3) is 0 Å². The molecule has 1 aromatic rings. The molecule has 0 aromatic heterocycles. The van der Waals surface area contributed by atoms with Crippen LogP contribution in [0, 0.1) is 0 Å². The first-order chi connectivity index (χ1) is 6.09. The van der Waals surface area contributed by atoms with Gasteiger partial charge in [0, 0.05) is 6.42 Å². The summed E-state index contributed by atoms with van der Waals surface area (Å²) in [4.78, 5) is 0. The van der Waals surface area contributed by atoms with Crippen molar-refractivity contribution < 1.29 is 17.7 Å². The highest BCUT2D eigenvalue weighted by atomic mass is 19.4. The Kier molecular flexibility index (Phi) is 1.75. The van der Waals surface area contributed by atoms with Gasteiger partial charge in [0.05, 0.1) is 12.4 Å². The molecule has 0 fully saturated rings. The van der Waals surface area contributed by atoms with Crippen molar-refractivity contribution >= 4 is 12.4 Å². The third-order valence-electron chi connectivity index (χ3n) is 2.10. The van der Waals surface area contributed by atoms with Gasteiger partial charge in [0.2, 0.25) is 0 Å². The molecule has 0 amide bonds. The van der Waals surface area contributed by atoms with Crippen molar-refractivity contribution in [3.63, 3.8) is 0 Å². The van der Waals surface area contributed by atoms with E-state index in [1.807, 2.05) is 0 Å². The van der Waals surface area contributed by atoms with Crippen molar-refractivity contribution in [2.75, 3.05) is 6.61 Å². The summed E-state index contributed by atoms with van der Waals surface area (Å²) >= 11 is 0. The van der Waals surface area contributed by atoms with Crippen LogP contribution in [-0.2, 0) is 6.42 Å². The molecule has 0 atom stereocenters. The highest BCUT2D eigenvalue weighted by Gasteiger charge is 2.31. The minimum absolute atomic E-state index is 0.0370. The first-order valence-corrected chi connectivity index (χ1v) is 4.03. The Labute approximate surface area is 73.6 Å². The minimum atomic E-state index is -4.94. The van der Waals surface area contributed by atoms with Gasteiger partial charge in [-0.2, -0.15) is 0 Å². The predicted molar refractivity (Wildman–Crippen MR) is 44.4 cm³/mol. The van der Waals surface area contributed by atoms with E-state index in [1.165, 1.54) is 6.07 Å². The summed E-state index contributed by atoms with van der Waals surface area (Å²) < 4.78 is 42.2. The molecule has 1 aliphatic rings. The summed E-state index contributed by atoms with van der Waals surface area (Å²) in [6.07, 6.45) is 0.579. The lowest BCUT2D eigenvalue weighted by Crippen LogP contribution is -2.34. The Hall–Kier alpha value is -1.13. The van der Waals surface area contributed by atoms with Crippen LogP contribution >= 0.6 is 0 Å². The molecule has 1 heterocycles. The van der Waals surface area contributed by atoms with Crippen LogP contribution in [0.15, 0.2) is 18.2 Å². The molecule has 1 nitrogen and oxygen atoms in total. The van der Waals surface area contributed by atoms with Gasteiger partial charge in [-0.3, -0.25) is 0 Å². The molecule has 2 rings (SSSR count). The first-order valence-electron chi connectivity index (χ1n) is 4.03. The van der Waals surface area contributed by atoms with Crippen molar-refractivity contribution in [3.05, 3.63) is 23.8 Å². The van der Waals surface area contributed by atoms with Gasteiger partial charge in [-0.05, 0) is 5.56 Å². The van der Waals surface area contributed by atoms with Crippen LogP contribution in [0.3, 0.4) is 0 Å². The van der Waals surface area contributed by atoms with E-state index in [9.17, 15) is 12.9 Å². The number of para-hydroxylation sites is 1. The van der Waals surface area contributed by atoms with Gasteiger partial charge < -0.3 is 17.7 Å². The van der Waals surface area contributed by atoms with E-state index in [-0.39, 0.29) is 5.75 Å². The first kappa shape index (κ1) is 8.47. The van der Waals surface area contributed by atoms with E-state index in [0.717, 1.165) is 6.07 Å². The summed E-state index contributed by atoms with van der Waals surface area (Å²) in [6, 6.07) is 4.18. The Morgan fingerprint density at radius 1 is 1.23 bits per heavy atom. The fourth-order valence-corrected chi connectivity index (χ4v) is 1.50. The molecule has 13 heavy (non-hydrogen) atoms. The van der Waals surface area contributed by atoms with E-state index < -0.39 is 12.4 Å². The zero-order valence-electron chi connectivity index (χ0n) is 6.77. The second kappa shape index (κ2) is 2.68. The molecule has 0 saturated carbocycles. The zero-order valence-corrected chi connectivity index (χ0v) is 6.77.